The van der Waals surface area contributed by atoms with Gasteiger partial charge in [0.2, 0.25) is 11.8 Å². The van der Waals surface area contributed by atoms with Gasteiger partial charge in [0.05, 0.1) is 12.1 Å². The predicted octanol–water partition coefficient (Wildman–Crippen LogP) is 2.53. The average molecular weight is 308 g/mol. The lowest BCUT2D eigenvalue weighted by Crippen LogP contribution is -2.36. The molecule has 1 atom stereocenters. The number of nitrogens with zero attached hydrogens (tertiary/aromatic N) is 1. The van der Waals surface area contributed by atoms with Crippen LogP contribution in [-0.4, -0.2) is 28.6 Å². The van der Waals surface area contributed by atoms with Gasteiger partial charge in [0.15, 0.2) is 0 Å². The molecule has 0 bridgehead atoms. The fourth-order valence-electron chi connectivity index (χ4n) is 2.07. The first-order valence-corrected chi connectivity index (χ1v) is 7.97. The number of aliphatic hydroxyl groups is 1. The highest BCUT2D eigenvalue weighted by Crippen LogP contribution is 2.24. The maximum Gasteiger partial charge on any atom is 0.227 e. The van der Waals surface area contributed by atoms with Crippen molar-refractivity contribution in [1.82, 2.24) is 10.3 Å². The van der Waals surface area contributed by atoms with Crippen molar-refractivity contribution in [2.24, 2.45) is 0 Å². The molecule has 0 saturated heterocycles. The standard InChI is InChI=1S/C15H20N2O3S/c1-3-12(4-6-18)16-14(19)8-13-10(2)20-15(17-13)11-5-7-21-9-11/h5,7,9,12,18H,3-4,6,8H2,1-2H3,(H,16,19). The molecule has 2 rings (SSSR count). The quantitative estimate of drug-likeness (QED) is 0.824. The molecule has 0 aliphatic heterocycles. The van der Waals surface area contributed by atoms with Crippen molar-refractivity contribution in [2.75, 3.05) is 6.61 Å². The summed E-state index contributed by atoms with van der Waals surface area (Å²) in [4.78, 5) is 16.4. The molecule has 2 heterocycles. The number of carbonyl (C=O) groups is 1. The molecule has 1 amide bonds. The molecule has 0 spiro atoms. The summed E-state index contributed by atoms with van der Waals surface area (Å²) >= 11 is 1.58. The van der Waals surface area contributed by atoms with E-state index in [2.05, 4.69) is 10.3 Å². The van der Waals surface area contributed by atoms with Gasteiger partial charge in [-0.1, -0.05) is 6.92 Å². The first kappa shape index (κ1) is 15.7. The number of carbonyl (C=O) groups excluding carboxylic acids is 1. The van der Waals surface area contributed by atoms with Gasteiger partial charge < -0.3 is 14.8 Å². The van der Waals surface area contributed by atoms with Gasteiger partial charge in [-0.3, -0.25) is 4.79 Å². The molecular formula is C15H20N2O3S. The molecule has 0 fully saturated rings. The monoisotopic (exact) mass is 308 g/mol. The number of hydrogen-bond acceptors (Lipinski definition) is 5. The van der Waals surface area contributed by atoms with Gasteiger partial charge in [-0.2, -0.15) is 11.3 Å². The average Bonchev–Trinajstić information content (AvgIpc) is 3.09. The first-order chi connectivity index (χ1) is 10.1. The van der Waals surface area contributed by atoms with Crippen molar-refractivity contribution in [1.29, 1.82) is 0 Å². The van der Waals surface area contributed by atoms with Gasteiger partial charge in [0.25, 0.3) is 0 Å². The number of aromatic nitrogens is 1. The number of hydrogen-bond donors (Lipinski definition) is 2. The van der Waals surface area contributed by atoms with E-state index >= 15 is 0 Å². The minimum atomic E-state index is -0.0939. The van der Waals surface area contributed by atoms with Crippen LogP contribution in [0.4, 0.5) is 0 Å². The van der Waals surface area contributed by atoms with Crippen LogP contribution >= 0.6 is 11.3 Å². The van der Waals surface area contributed by atoms with Gasteiger partial charge in [-0.25, -0.2) is 4.98 Å². The van der Waals surface area contributed by atoms with E-state index < -0.39 is 0 Å². The summed E-state index contributed by atoms with van der Waals surface area (Å²) in [6, 6.07) is 1.94. The second-order valence-corrected chi connectivity index (χ2v) is 5.68. The van der Waals surface area contributed by atoms with E-state index in [1.807, 2.05) is 30.7 Å². The Balaban J connectivity index is 2.01. The fourth-order valence-corrected chi connectivity index (χ4v) is 2.70. The zero-order chi connectivity index (χ0) is 15.2. The molecule has 0 aromatic carbocycles. The molecule has 0 radical (unpaired) electrons. The molecule has 5 nitrogen and oxygen atoms in total. The Hall–Kier alpha value is -1.66. The number of rotatable bonds is 7. The molecule has 2 aromatic heterocycles. The smallest absolute Gasteiger partial charge is 0.227 e. The molecule has 2 aromatic rings. The lowest BCUT2D eigenvalue weighted by molar-refractivity contribution is -0.121. The zero-order valence-corrected chi connectivity index (χ0v) is 13.1. The maximum absolute atomic E-state index is 12.0. The number of aryl methyl sites for hydroxylation is 1. The lowest BCUT2D eigenvalue weighted by Gasteiger charge is -2.15. The summed E-state index contributed by atoms with van der Waals surface area (Å²) in [6.07, 6.45) is 1.56. The Morgan fingerprint density at radius 1 is 1.57 bits per heavy atom. The summed E-state index contributed by atoms with van der Waals surface area (Å²) < 4.78 is 5.61. The van der Waals surface area contributed by atoms with E-state index in [1.165, 1.54) is 0 Å². The summed E-state index contributed by atoms with van der Waals surface area (Å²) in [7, 11) is 0. The molecule has 0 aliphatic carbocycles. The largest absolute Gasteiger partial charge is 0.441 e. The molecule has 2 N–H and O–H groups in total. The van der Waals surface area contributed by atoms with E-state index in [1.54, 1.807) is 11.3 Å². The summed E-state index contributed by atoms with van der Waals surface area (Å²) in [6.45, 7) is 3.87. The van der Waals surface area contributed by atoms with Gasteiger partial charge >= 0.3 is 0 Å². The van der Waals surface area contributed by atoms with Crippen molar-refractivity contribution in [2.45, 2.75) is 39.2 Å². The molecular weight excluding hydrogens is 288 g/mol. The first-order valence-electron chi connectivity index (χ1n) is 7.03. The van der Waals surface area contributed by atoms with Gasteiger partial charge in [-0.05, 0) is 31.2 Å². The number of amides is 1. The third-order valence-electron chi connectivity index (χ3n) is 3.32. The second-order valence-electron chi connectivity index (χ2n) is 4.90. The number of thiophene rings is 1. The third-order valence-corrected chi connectivity index (χ3v) is 4.01. The summed E-state index contributed by atoms with van der Waals surface area (Å²) in [5.74, 6) is 1.13. The minimum absolute atomic E-state index is 0.00560. The van der Waals surface area contributed by atoms with Crippen molar-refractivity contribution in [3.8, 4) is 11.5 Å². The Kier molecular flexibility index (Phi) is 5.52. The van der Waals surface area contributed by atoms with Crippen molar-refractivity contribution in [3.05, 3.63) is 28.3 Å². The van der Waals surface area contributed by atoms with Crippen molar-refractivity contribution < 1.29 is 14.3 Å². The van der Waals surface area contributed by atoms with Crippen LogP contribution in [0.25, 0.3) is 11.5 Å². The van der Waals surface area contributed by atoms with Gasteiger partial charge in [0.1, 0.15) is 5.76 Å². The third kappa shape index (κ3) is 4.15. The van der Waals surface area contributed by atoms with E-state index in [0.29, 0.717) is 23.8 Å². The van der Waals surface area contributed by atoms with E-state index in [4.69, 9.17) is 9.52 Å². The molecule has 114 valence electrons. The van der Waals surface area contributed by atoms with Crippen molar-refractivity contribution in [3.63, 3.8) is 0 Å². The van der Waals surface area contributed by atoms with Gasteiger partial charge in [0, 0.05) is 23.6 Å². The topological polar surface area (TPSA) is 75.4 Å². The Bertz CT molecular complexity index is 578. The molecule has 1 unspecified atom stereocenters. The van der Waals surface area contributed by atoms with Gasteiger partial charge in [-0.15, -0.1) is 0 Å². The van der Waals surface area contributed by atoms with E-state index in [-0.39, 0.29) is 25.0 Å². The van der Waals surface area contributed by atoms with E-state index in [0.717, 1.165) is 12.0 Å². The molecule has 0 aliphatic rings. The minimum Gasteiger partial charge on any atom is -0.441 e. The second kappa shape index (κ2) is 7.38. The normalized spacial score (nSPS) is 12.3. The maximum atomic E-state index is 12.0. The van der Waals surface area contributed by atoms with Crippen molar-refractivity contribution >= 4 is 17.2 Å². The summed E-state index contributed by atoms with van der Waals surface area (Å²) in [5.41, 5.74) is 1.59. The van der Waals surface area contributed by atoms with Crippen LogP contribution in [-0.2, 0) is 11.2 Å². The zero-order valence-electron chi connectivity index (χ0n) is 12.3. The number of nitrogens with one attached hydrogen (secondary N) is 1. The van der Waals surface area contributed by atoms with Crippen LogP contribution in [0.2, 0.25) is 0 Å². The van der Waals surface area contributed by atoms with Crippen LogP contribution in [0.3, 0.4) is 0 Å². The number of oxazole rings is 1. The number of aliphatic hydroxyl groups excluding tert-OH is 1. The Labute approximate surface area is 128 Å². The van der Waals surface area contributed by atoms with E-state index in [9.17, 15) is 4.79 Å². The van der Waals surface area contributed by atoms with Crippen LogP contribution in [0.1, 0.15) is 31.2 Å². The summed E-state index contributed by atoms with van der Waals surface area (Å²) in [5, 5.41) is 15.8. The molecule has 21 heavy (non-hydrogen) atoms. The highest BCUT2D eigenvalue weighted by molar-refractivity contribution is 7.08. The lowest BCUT2D eigenvalue weighted by atomic mass is 10.1. The predicted molar refractivity (Wildman–Crippen MR) is 82.2 cm³/mol. The SMILES string of the molecule is CCC(CCO)NC(=O)Cc1nc(-c2ccsc2)oc1C. The van der Waals surface area contributed by atoms with Crippen LogP contribution in [0.15, 0.2) is 21.2 Å². The van der Waals surface area contributed by atoms with Crippen LogP contribution < -0.4 is 5.32 Å². The highest BCUT2D eigenvalue weighted by atomic mass is 32.1. The highest BCUT2D eigenvalue weighted by Gasteiger charge is 2.16. The Morgan fingerprint density at radius 3 is 3.00 bits per heavy atom. The molecule has 0 saturated carbocycles. The van der Waals surface area contributed by atoms with Crippen LogP contribution in [0.5, 0.6) is 0 Å². The molecule has 6 heteroatoms. The Morgan fingerprint density at radius 2 is 2.38 bits per heavy atom. The van der Waals surface area contributed by atoms with Crippen LogP contribution in [0, 0.1) is 6.92 Å². The fraction of sp³-hybridized carbons (Fsp3) is 0.467.